The van der Waals surface area contributed by atoms with Gasteiger partial charge in [-0.25, -0.2) is 5.10 Å². The van der Waals surface area contributed by atoms with E-state index in [4.69, 9.17) is 5.73 Å². The SMILES string of the molecule is Cn1nc(-c2ccc(=O)[nH]n2)c(-c2ccccn2)c1N. The predicted octanol–water partition coefficient (Wildman–Crippen LogP) is 0.815. The van der Waals surface area contributed by atoms with E-state index in [1.54, 1.807) is 24.0 Å². The summed E-state index contributed by atoms with van der Waals surface area (Å²) in [6.07, 6.45) is 1.69. The van der Waals surface area contributed by atoms with Gasteiger partial charge in [-0.15, -0.1) is 0 Å². The molecule has 3 heterocycles. The molecule has 3 N–H and O–H groups in total. The van der Waals surface area contributed by atoms with Crippen molar-refractivity contribution >= 4 is 5.82 Å². The zero-order chi connectivity index (χ0) is 14.1. The summed E-state index contributed by atoms with van der Waals surface area (Å²) in [7, 11) is 1.75. The van der Waals surface area contributed by atoms with Gasteiger partial charge in [0.1, 0.15) is 17.2 Å². The van der Waals surface area contributed by atoms with Crippen LogP contribution in [0.4, 0.5) is 5.82 Å². The molecule has 0 aromatic carbocycles. The van der Waals surface area contributed by atoms with E-state index in [1.807, 2.05) is 18.2 Å². The van der Waals surface area contributed by atoms with E-state index in [0.717, 1.165) is 0 Å². The van der Waals surface area contributed by atoms with Gasteiger partial charge in [-0.3, -0.25) is 14.5 Å². The van der Waals surface area contributed by atoms with Crippen LogP contribution in [0.2, 0.25) is 0 Å². The Labute approximate surface area is 114 Å². The lowest BCUT2D eigenvalue weighted by Crippen LogP contribution is -2.06. The lowest BCUT2D eigenvalue weighted by atomic mass is 10.1. The minimum absolute atomic E-state index is 0.267. The standard InChI is InChI=1S/C13H12N6O/c1-19-13(14)11(8-4-2-3-7-15-8)12(18-19)9-5-6-10(20)17-16-9/h2-7H,14H2,1H3,(H,17,20). The first-order chi connectivity index (χ1) is 9.66. The Kier molecular flexibility index (Phi) is 2.79. The van der Waals surface area contributed by atoms with Gasteiger partial charge >= 0.3 is 0 Å². The van der Waals surface area contributed by atoms with E-state index in [-0.39, 0.29) is 5.56 Å². The molecule has 3 rings (SSSR count). The molecule has 0 saturated heterocycles. The summed E-state index contributed by atoms with van der Waals surface area (Å²) >= 11 is 0. The van der Waals surface area contributed by atoms with Crippen LogP contribution in [0, 0.1) is 0 Å². The second-order valence-corrected chi connectivity index (χ2v) is 4.25. The topological polar surface area (TPSA) is 102 Å². The number of aryl methyl sites for hydroxylation is 1. The first-order valence-corrected chi connectivity index (χ1v) is 5.97. The van der Waals surface area contributed by atoms with Gasteiger partial charge < -0.3 is 5.73 Å². The number of nitrogens with zero attached hydrogens (tertiary/aromatic N) is 4. The Morgan fingerprint density at radius 1 is 1.20 bits per heavy atom. The van der Waals surface area contributed by atoms with Gasteiger partial charge in [0.05, 0.1) is 11.3 Å². The number of aromatic amines is 1. The minimum Gasteiger partial charge on any atom is -0.383 e. The third-order valence-electron chi connectivity index (χ3n) is 2.93. The van der Waals surface area contributed by atoms with Gasteiger partial charge in [0, 0.05) is 19.3 Å². The molecule has 0 fully saturated rings. The molecule has 7 heteroatoms. The van der Waals surface area contributed by atoms with Crippen LogP contribution < -0.4 is 11.3 Å². The summed E-state index contributed by atoms with van der Waals surface area (Å²) in [6, 6.07) is 8.55. The fraction of sp³-hybridized carbons (Fsp3) is 0.0769. The molecule has 20 heavy (non-hydrogen) atoms. The maximum absolute atomic E-state index is 11.1. The molecule has 3 aromatic heterocycles. The number of aromatic nitrogens is 5. The average Bonchev–Trinajstić information content (AvgIpc) is 2.77. The number of hydrogen-bond acceptors (Lipinski definition) is 5. The highest BCUT2D eigenvalue weighted by Gasteiger charge is 2.19. The lowest BCUT2D eigenvalue weighted by molar-refractivity contribution is 0.780. The van der Waals surface area contributed by atoms with Gasteiger partial charge in [0.25, 0.3) is 5.56 Å². The lowest BCUT2D eigenvalue weighted by Gasteiger charge is -2.02. The number of nitrogens with two attached hydrogens (primary N) is 1. The Hall–Kier alpha value is -2.96. The summed E-state index contributed by atoms with van der Waals surface area (Å²) in [6.45, 7) is 0. The largest absolute Gasteiger partial charge is 0.383 e. The van der Waals surface area contributed by atoms with Gasteiger partial charge in [0.2, 0.25) is 0 Å². The highest BCUT2D eigenvalue weighted by molar-refractivity contribution is 5.85. The third-order valence-corrected chi connectivity index (χ3v) is 2.93. The Morgan fingerprint density at radius 2 is 2.05 bits per heavy atom. The summed E-state index contributed by atoms with van der Waals surface area (Å²) < 4.78 is 1.56. The van der Waals surface area contributed by atoms with Crippen molar-refractivity contribution in [1.29, 1.82) is 0 Å². The number of rotatable bonds is 2. The van der Waals surface area contributed by atoms with Crippen LogP contribution in [0.5, 0.6) is 0 Å². The summed E-state index contributed by atoms with van der Waals surface area (Å²) in [5.41, 5.74) is 8.33. The molecule has 0 bridgehead atoms. The van der Waals surface area contributed by atoms with Crippen molar-refractivity contribution in [3.8, 4) is 22.6 Å². The fourth-order valence-corrected chi connectivity index (χ4v) is 1.96. The number of hydrogen-bond donors (Lipinski definition) is 2. The van der Waals surface area contributed by atoms with Crippen molar-refractivity contribution in [2.75, 3.05) is 5.73 Å². The molecule has 0 aliphatic carbocycles. The van der Waals surface area contributed by atoms with E-state index < -0.39 is 0 Å². The quantitative estimate of drug-likeness (QED) is 0.716. The van der Waals surface area contributed by atoms with Crippen molar-refractivity contribution in [1.82, 2.24) is 25.0 Å². The molecule has 0 aliphatic heterocycles. The van der Waals surface area contributed by atoms with Crippen molar-refractivity contribution in [2.45, 2.75) is 0 Å². The van der Waals surface area contributed by atoms with E-state index in [2.05, 4.69) is 20.3 Å². The molecule has 0 radical (unpaired) electrons. The maximum Gasteiger partial charge on any atom is 0.264 e. The molecule has 0 atom stereocenters. The molecule has 100 valence electrons. The van der Waals surface area contributed by atoms with Crippen LogP contribution in [0.1, 0.15) is 0 Å². The second-order valence-electron chi connectivity index (χ2n) is 4.25. The van der Waals surface area contributed by atoms with Gasteiger partial charge in [0.15, 0.2) is 0 Å². The fourth-order valence-electron chi connectivity index (χ4n) is 1.96. The van der Waals surface area contributed by atoms with Crippen molar-refractivity contribution in [3.63, 3.8) is 0 Å². The number of H-pyrrole nitrogens is 1. The molecule has 0 amide bonds. The normalized spacial score (nSPS) is 10.7. The van der Waals surface area contributed by atoms with Crippen LogP contribution >= 0.6 is 0 Å². The van der Waals surface area contributed by atoms with E-state index in [1.165, 1.54) is 6.07 Å². The molecule has 0 spiro atoms. The zero-order valence-electron chi connectivity index (χ0n) is 10.7. The van der Waals surface area contributed by atoms with Crippen molar-refractivity contribution in [2.24, 2.45) is 7.05 Å². The molecule has 0 unspecified atom stereocenters. The monoisotopic (exact) mass is 268 g/mol. The molecule has 7 nitrogen and oxygen atoms in total. The van der Waals surface area contributed by atoms with E-state index in [9.17, 15) is 4.79 Å². The number of nitrogen functional groups attached to an aromatic ring is 1. The first-order valence-electron chi connectivity index (χ1n) is 5.97. The van der Waals surface area contributed by atoms with Crippen LogP contribution in [0.15, 0.2) is 41.3 Å². The highest BCUT2D eigenvalue weighted by atomic mass is 16.1. The molecular weight excluding hydrogens is 256 g/mol. The molecule has 0 aliphatic rings. The van der Waals surface area contributed by atoms with Crippen LogP contribution in [0.25, 0.3) is 22.6 Å². The Morgan fingerprint density at radius 3 is 2.70 bits per heavy atom. The van der Waals surface area contributed by atoms with Gasteiger partial charge in [-0.05, 0) is 18.2 Å². The van der Waals surface area contributed by atoms with Crippen molar-refractivity contribution in [3.05, 3.63) is 46.9 Å². The third kappa shape index (κ3) is 1.95. The highest BCUT2D eigenvalue weighted by Crippen LogP contribution is 2.33. The zero-order valence-corrected chi connectivity index (χ0v) is 10.7. The maximum atomic E-state index is 11.1. The van der Waals surface area contributed by atoms with Crippen molar-refractivity contribution < 1.29 is 0 Å². The Bertz CT molecular complexity index is 785. The second kappa shape index (κ2) is 4.61. The molecule has 3 aromatic rings. The number of nitrogens with one attached hydrogen (secondary N) is 1. The van der Waals surface area contributed by atoms with E-state index >= 15 is 0 Å². The molecular formula is C13H12N6O. The van der Waals surface area contributed by atoms with E-state index in [0.29, 0.717) is 28.5 Å². The minimum atomic E-state index is -0.267. The van der Waals surface area contributed by atoms with Crippen LogP contribution in [0.3, 0.4) is 0 Å². The average molecular weight is 268 g/mol. The summed E-state index contributed by atoms with van der Waals surface area (Å²) in [5.74, 6) is 0.492. The van der Waals surface area contributed by atoms with Gasteiger partial charge in [-0.2, -0.15) is 10.2 Å². The first kappa shape index (κ1) is 12.1. The van der Waals surface area contributed by atoms with Crippen LogP contribution in [-0.4, -0.2) is 25.0 Å². The predicted molar refractivity (Wildman–Crippen MR) is 74.7 cm³/mol. The number of pyridine rings is 1. The number of anilines is 1. The summed E-state index contributed by atoms with van der Waals surface area (Å²) in [4.78, 5) is 15.4. The summed E-state index contributed by atoms with van der Waals surface area (Å²) in [5, 5.41) is 10.7. The Balaban J connectivity index is 2.24. The smallest absolute Gasteiger partial charge is 0.264 e. The van der Waals surface area contributed by atoms with Gasteiger partial charge in [-0.1, -0.05) is 6.07 Å². The van der Waals surface area contributed by atoms with Crippen LogP contribution in [-0.2, 0) is 7.05 Å². The molecule has 0 saturated carbocycles.